The van der Waals surface area contributed by atoms with Crippen LogP contribution in [-0.4, -0.2) is 32.1 Å². The van der Waals surface area contributed by atoms with Gasteiger partial charge in [0.25, 0.3) is 0 Å². The van der Waals surface area contributed by atoms with Crippen molar-refractivity contribution in [2.45, 2.75) is 20.0 Å². The summed E-state index contributed by atoms with van der Waals surface area (Å²) < 4.78 is 1.40. The molecule has 0 spiro atoms. The first-order valence-corrected chi connectivity index (χ1v) is 6.54. The smallest absolute Gasteiger partial charge is 0.244 e. The van der Waals surface area contributed by atoms with Gasteiger partial charge < -0.3 is 10.6 Å². The quantitative estimate of drug-likeness (QED) is 0.874. The number of hydrogen-bond donors (Lipinski definition) is 1. The van der Waals surface area contributed by atoms with Gasteiger partial charge in [-0.1, -0.05) is 18.2 Å². The third-order valence-electron chi connectivity index (χ3n) is 3.08. The molecule has 7 heteroatoms. The standard InChI is InChI=1S/C14H16N6O/c1-2-19(8-12-6-4-3-5-11(12)7-15)13(21)9-20-10-17-14(16)18-20/h3-6,10H,2,8-9H2,1H3,(H2,16,18). The lowest BCUT2D eigenvalue weighted by molar-refractivity contribution is -0.132. The normalized spacial score (nSPS) is 10.1. The van der Waals surface area contributed by atoms with Crippen LogP contribution in [0.5, 0.6) is 0 Å². The number of rotatable bonds is 5. The molecule has 21 heavy (non-hydrogen) atoms. The van der Waals surface area contributed by atoms with Crippen LogP contribution in [0.4, 0.5) is 5.95 Å². The summed E-state index contributed by atoms with van der Waals surface area (Å²) in [5.74, 6) is 0.0378. The number of hydrogen-bond acceptors (Lipinski definition) is 5. The number of carbonyl (C=O) groups excluding carboxylic acids is 1. The second kappa shape index (κ2) is 6.52. The Morgan fingerprint density at radius 3 is 2.86 bits per heavy atom. The van der Waals surface area contributed by atoms with Crippen LogP contribution in [0.1, 0.15) is 18.1 Å². The number of benzene rings is 1. The summed E-state index contributed by atoms with van der Waals surface area (Å²) in [5, 5.41) is 13.0. The molecule has 1 heterocycles. The van der Waals surface area contributed by atoms with Gasteiger partial charge in [-0.25, -0.2) is 9.67 Å². The molecule has 0 saturated carbocycles. The van der Waals surface area contributed by atoms with Crippen molar-refractivity contribution in [1.82, 2.24) is 19.7 Å². The second-order valence-electron chi connectivity index (χ2n) is 4.48. The average Bonchev–Trinajstić information content (AvgIpc) is 2.90. The highest BCUT2D eigenvalue weighted by atomic mass is 16.2. The van der Waals surface area contributed by atoms with E-state index in [-0.39, 0.29) is 18.4 Å². The van der Waals surface area contributed by atoms with Crippen LogP contribution >= 0.6 is 0 Å². The number of carbonyl (C=O) groups is 1. The van der Waals surface area contributed by atoms with E-state index in [1.54, 1.807) is 17.0 Å². The predicted molar refractivity (Wildman–Crippen MR) is 76.7 cm³/mol. The molecular weight excluding hydrogens is 268 g/mol. The van der Waals surface area contributed by atoms with Gasteiger partial charge in [0, 0.05) is 13.1 Å². The number of nitrogens with two attached hydrogens (primary N) is 1. The summed E-state index contributed by atoms with van der Waals surface area (Å²) in [7, 11) is 0. The lowest BCUT2D eigenvalue weighted by Crippen LogP contribution is -2.33. The average molecular weight is 284 g/mol. The first-order chi connectivity index (χ1) is 10.1. The molecule has 2 rings (SSSR count). The molecule has 0 aliphatic rings. The van der Waals surface area contributed by atoms with Crippen LogP contribution in [0.15, 0.2) is 30.6 Å². The number of anilines is 1. The van der Waals surface area contributed by atoms with Gasteiger partial charge in [-0.15, -0.1) is 5.10 Å². The lowest BCUT2D eigenvalue weighted by atomic mass is 10.1. The predicted octanol–water partition coefficient (Wildman–Crippen LogP) is 0.781. The minimum absolute atomic E-state index is 0.0762. The van der Waals surface area contributed by atoms with Gasteiger partial charge in [0.2, 0.25) is 11.9 Å². The Labute approximate surface area is 122 Å². The van der Waals surface area contributed by atoms with Crippen molar-refractivity contribution in [2.75, 3.05) is 12.3 Å². The molecule has 0 radical (unpaired) electrons. The van der Waals surface area contributed by atoms with E-state index in [0.717, 1.165) is 5.56 Å². The maximum Gasteiger partial charge on any atom is 0.244 e. The first kappa shape index (κ1) is 14.5. The molecule has 2 aromatic rings. The highest BCUT2D eigenvalue weighted by Gasteiger charge is 2.15. The van der Waals surface area contributed by atoms with Crippen LogP contribution in [-0.2, 0) is 17.9 Å². The first-order valence-electron chi connectivity index (χ1n) is 6.54. The summed E-state index contributed by atoms with van der Waals surface area (Å²) in [6.45, 7) is 2.90. The SMILES string of the molecule is CCN(Cc1ccccc1C#N)C(=O)Cn1cnc(N)n1. The van der Waals surface area contributed by atoms with Crippen molar-refractivity contribution in [2.24, 2.45) is 0 Å². The van der Waals surface area contributed by atoms with E-state index < -0.39 is 0 Å². The fourth-order valence-corrected chi connectivity index (χ4v) is 1.97. The monoisotopic (exact) mass is 284 g/mol. The third-order valence-corrected chi connectivity index (χ3v) is 3.08. The summed E-state index contributed by atoms with van der Waals surface area (Å²) in [6.07, 6.45) is 1.42. The number of amides is 1. The number of aromatic nitrogens is 3. The van der Waals surface area contributed by atoms with Crippen molar-refractivity contribution in [3.63, 3.8) is 0 Å². The summed E-state index contributed by atoms with van der Waals surface area (Å²) in [4.78, 5) is 17.7. The van der Waals surface area contributed by atoms with E-state index >= 15 is 0 Å². The molecule has 0 fully saturated rings. The van der Waals surface area contributed by atoms with Crippen molar-refractivity contribution < 1.29 is 4.79 Å². The van der Waals surface area contributed by atoms with Gasteiger partial charge in [0.05, 0.1) is 11.6 Å². The van der Waals surface area contributed by atoms with Crippen molar-refractivity contribution in [3.05, 3.63) is 41.7 Å². The van der Waals surface area contributed by atoms with E-state index in [0.29, 0.717) is 18.7 Å². The number of nitrogen functional groups attached to an aromatic ring is 1. The van der Waals surface area contributed by atoms with Gasteiger partial charge in [0.1, 0.15) is 12.9 Å². The lowest BCUT2D eigenvalue weighted by Gasteiger charge is -2.21. The van der Waals surface area contributed by atoms with E-state index in [4.69, 9.17) is 11.0 Å². The van der Waals surface area contributed by atoms with E-state index in [1.807, 2.05) is 19.1 Å². The third kappa shape index (κ3) is 3.57. The van der Waals surface area contributed by atoms with E-state index in [2.05, 4.69) is 16.2 Å². The summed E-state index contributed by atoms with van der Waals surface area (Å²) in [6, 6.07) is 9.38. The van der Waals surface area contributed by atoms with Gasteiger partial charge in [-0.3, -0.25) is 4.79 Å². The summed E-state index contributed by atoms with van der Waals surface area (Å²) >= 11 is 0. The van der Waals surface area contributed by atoms with Crippen LogP contribution < -0.4 is 5.73 Å². The summed E-state index contributed by atoms with van der Waals surface area (Å²) in [5.41, 5.74) is 6.83. The number of likely N-dealkylation sites (N-methyl/N-ethyl adjacent to an activating group) is 1. The fraction of sp³-hybridized carbons (Fsp3) is 0.286. The Kier molecular flexibility index (Phi) is 4.51. The zero-order chi connectivity index (χ0) is 15.2. The van der Waals surface area contributed by atoms with Crippen LogP contribution in [0, 0.1) is 11.3 Å². The van der Waals surface area contributed by atoms with Crippen molar-refractivity contribution >= 4 is 11.9 Å². The van der Waals surface area contributed by atoms with Crippen LogP contribution in [0.3, 0.4) is 0 Å². The van der Waals surface area contributed by atoms with Crippen molar-refractivity contribution in [3.8, 4) is 6.07 Å². The molecule has 0 bridgehead atoms. The number of nitrogens with zero attached hydrogens (tertiary/aromatic N) is 5. The van der Waals surface area contributed by atoms with E-state index in [1.165, 1.54) is 11.0 Å². The highest BCUT2D eigenvalue weighted by molar-refractivity contribution is 5.76. The Hall–Kier alpha value is -2.88. The fourth-order valence-electron chi connectivity index (χ4n) is 1.97. The molecule has 0 unspecified atom stereocenters. The Morgan fingerprint density at radius 2 is 2.24 bits per heavy atom. The van der Waals surface area contributed by atoms with E-state index in [9.17, 15) is 4.79 Å². The van der Waals surface area contributed by atoms with Gasteiger partial charge in [-0.2, -0.15) is 5.26 Å². The minimum Gasteiger partial charge on any atom is -0.367 e. The molecule has 0 saturated heterocycles. The van der Waals surface area contributed by atoms with Crippen LogP contribution in [0.2, 0.25) is 0 Å². The maximum absolute atomic E-state index is 12.3. The Balaban J connectivity index is 2.09. The van der Waals surface area contributed by atoms with Gasteiger partial charge in [-0.05, 0) is 18.6 Å². The largest absolute Gasteiger partial charge is 0.367 e. The molecule has 0 aliphatic carbocycles. The maximum atomic E-state index is 12.3. The Bertz CT molecular complexity index is 672. The molecule has 2 N–H and O–H groups in total. The molecular formula is C14H16N6O. The minimum atomic E-state index is -0.102. The molecule has 1 aromatic carbocycles. The highest BCUT2D eigenvalue weighted by Crippen LogP contribution is 2.11. The topological polar surface area (TPSA) is 101 Å². The molecule has 0 aliphatic heterocycles. The van der Waals surface area contributed by atoms with Crippen LogP contribution in [0.25, 0.3) is 0 Å². The zero-order valence-corrected chi connectivity index (χ0v) is 11.7. The van der Waals surface area contributed by atoms with Gasteiger partial charge in [0.15, 0.2) is 0 Å². The zero-order valence-electron chi connectivity index (χ0n) is 11.7. The molecule has 1 aromatic heterocycles. The molecule has 7 nitrogen and oxygen atoms in total. The molecule has 108 valence electrons. The molecule has 0 atom stereocenters. The van der Waals surface area contributed by atoms with Gasteiger partial charge >= 0.3 is 0 Å². The molecule has 1 amide bonds. The second-order valence-corrected chi connectivity index (χ2v) is 4.48. The number of nitriles is 1. The van der Waals surface area contributed by atoms with Crippen molar-refractivity contribution in [1.29, 1.82) is 5.26 Å². The Morgan fingerprint density at radius 1 is 1.48 bits per heavy atom.